The molecule has 2 aromatic rings. The van der Waals surface area contributed by atoms with Crippen LogP contribution in [0.5, 0.6) is 0 Å². The summed E-state index contributed by atoms with van der Waals surface area (Å²) < 4.78 is 5.39. The highest BCUT2D eigenvalue weighted by molar-refractivity contribution is 5.52. The van der Waals surface area contributed by atoms with Gasteiger partial charge in [0.15, 0.2) is 0 Å². The van der Waals surface area contributed by atoms with E-state index in [1.165, 1.54) is 23.2 Å². The number of aryl methyl sites for hydroxylation is 2. The molecule has 1 aliphatic rings. The zero-order valence-electron chi connectivity index (χ0n) is 12.2. The molecule has 106 valence electrons. The molecule has 3 heteroatoms. The van der Waals surface area contributed by atoms with E-state index in [1.54, 1.807) is 6.26 Å². The number of anilines is 1. The van der Waals surface area contributed by atoms with Crippen molar-refractivity contribution in [2.75, 3.05) is 18.9 Å². The Morgan fingerprint density at radius 1 is 1.30 bits per heavy atom. The highest BCUT2D eigenvalue weighted by Gasteiger charge is 2.20. The van der Waals surface area contributed by atoms with Crippen molar-refractivity contribution in [1.29, 1.82) is 0 Å². The number of nitrogens with zero attached hydrogens (tertiary/aromatic N) is 1. The summed E-state index contributed by atoms with van der Waals surface area (Å²) in [4.78, 5) is 2.43. The molecule has 0 fully saturated rings. The second-order valence-corrected chi connectivity index (χ2v) is 5.65. The van der Waals surface area contributed by atoms with Gasteiger partial charge >= 0.3 is 0 Å². The molecule has 0 bridgehead atoms. The smallest absolute Gasteiger partial charge is 0.105 e. The first kappa shape index (κ1) is 13.3. The van der Waals surface area contributed by atoms with E-state index >= 15 is 0 Å². The molecular formula is C17H22N2O. The number of fused-ring (bicyclic) bond motifs is 1. The first-order valence-electron chi connectivity index (χ1n) is 7.29. The average molecular weight is 270 g/mol. The van der Waals surface area contributed by atoms with Crippen LogP contribution < -0.4 is 5.32 Å². The zero-order chi connectivity index (χ0) is 13.9. The van der Waals surface area contributed by atoms with Crippen LogP contribution in [0.4, 0.5) is 5.69 Å². The maximum Gasteiger partial charge on any atom is 0.105 e. The van der Waals surface area contributed by atoms with Crippen molar-refractivity contribution >= 4 is 5.69 Å². The highest BCUT2D eigenvalue weighted by atomic mass is 16.3. The molecule has 1 atom stereocenters. The number of rotatable bonds is 3. The molecule has 0 saturated heterocycles. The van der Waals surface area contributed by atoms with Crippen LogP contribution in [0.2, 0.25) is 0 Å². The van der Waals surface area contributed by atoms with Gasteiger partial charge in [-0.25, -0.2) is 0 Å². The second-order valence-electron chi connectivity index (χ2n) is 5.65. The summed E-state index contributed by atoms with van der Waals surface area (Å²) in [7, 11) is 2.20. The summed E-state index contributed by atoms with van der Waals surface area (Å²) in [5, 5.41) is 3.59. The van der Waals surface area contributed by atoms with E-state index in [9.17, 15) is 0 Å². The van der Waals surface area contributed by atoms with Crippen LogP contribution in [0.15, 0.2) is 41.0 Å². The number of hydrogen-bond acceptors (Lipinski definition) is 3. The predicted octanol–water partition coefficient (Wildman–Crippen LogP) is 3.45. The second kappa shape index (κ2) is 5.71. The van der Waals surface area contributed by atoms with Crippen molar-refractivity contribution < 1.29 is 4.42 Å². The van der Waals surface area contributed by atoms with Crippen LogP contribution in [-0.4, -0.2) is 24.5 Å². The quantitative estimate of drug-likeness (QED) is 0.926. The Balaban J connectivity index is 1.66. The van der Waals surface area contributed by atoms with Crippen LogP contribution in [0.25, 0.3) is 0 Å². The SMILES string of the molecule is Cc1occc1CN(C)C1CCc2ccccc2NC1. The van der Waals surface area contributed by atoms with Crippen molar-refractivity contribution in [1.82, 2.24) is 4.90 Å². The molecule has 0 saturated carbocycles. The fourth-order valence-electron chi connectivity index (χ4n) is 2.91. The van der Waals surface area contributed by atoms with Gasteiger partial charge in [-0.2, -0.15) is 0 Å². The maximum atomic E-state index is 5.39. The predicted molar refractivity (Wildman–Crippen MR) is 82.0 cm³/mol. The number of para-hydroxylation sites is 1. The molecule has 1 aliphatic heterocycles. The lowest BCUT2D eigenvalue weighted by Crippen LogP contribution is -2.36. The van der Waals surface area contributed by atoms with Crippen molar-refractivity contribution in [2.45, 2.75) is 32.4 Å². The van der Waals surface area contributed by atoms with E-state index in [2.05, 4.69) is 47.6 Å². The van der Waals surface area contributed by atoms with Gasteiger partial charge in [0.05, 0.1) is 6.26 Å². The van der Waals surface area contributed by atoms with Crippen molar-refractivity contribution in [3.63, 3.8) is 0 Å². The van der Waals surface area contributed by atoms with E-state index in [1.807, 2.05) is 6.92 Å². The molecule has 20 heavy (non-hydrogen) atoms. The summed E-state index contributed by atoms with van der Waals surface area (Å²) in [5.41, 5.74) is 4.01. The lowest BCUT2D eigenvalue weighted by molar-refractivity contribution is 0.232. The monoisotopic (exact) mass is 270 g/mol. The minimum Gasteiger partial charge on any atom is -0.469 e. The number of hydrogen-bond donors (Lipinski definition) is 1. The largest absolute Gasteiger partial charge is 0.469 e. The minimum absolute atomic E-state index is 0.552. The summed E-state index contributed by atoms with van der Waals surface area (Å²) in [5.74, 6) is 1.03. The molecule has 0 spiro atoms. The van der Waals surface area contributed by atoms with Gasteiger partial charge in [0.1, 0.15) is 5.76 Å². The fourth-order valence-corrected chi connectivity index (χ4v) is 2.91. The third kappa shape index (κ3) is 2.73. The van der Waals surface area contributed by atoms with E-state index in [0.717, 1.165) is 25.3 Å². The molecule has 3 rings (SSSR count). The molecule has 1 N–H and O–H groups in total. The summed E-state index contributed by atoms with van der Waals surface area (Å²) in [6.45, 7) is 3.99. The Labute approximate surface area is 120 Å². The Bertz CT molecular complexity index is 549. The standard InChI is InChI=1S/C17H22N2O/c1-13-15(9-10-20-13)12-19(2)16-8-7-14-5-3-4-6-17(14)18-11-16/h3-6,9-10,16,18H,7-8,11-12H2,1-2H3. The Hall–Kier alpha value is -1.74. The van der Waals surface area contributed by atoms with Crippen LogP contribution in [0, 0.1) is 6.92 Å². The van der Waals surface area contributed by atoms with Crippen LogP contribution in [0.1, 0.15) is 23.3 Å². The minimum atomic E-state index is 0.552. The van der Waals surface area contributed by atoms with Crippen molar-refractivity contribution in [3.05, 3.63) is 53.5 Å². The molecule has 0 aliphatic carbocycles. The molecule has 3 nitrogen and oxygen atoms in total. The molecule has 2 heterocycles. The van der Waals surface area contributed by atoms with Gasteiger partial charge in [0.2, 0.25) is 0 Å². The summed E-state index contributed by atoms with van der Waals surface area (Å²) in [6, 6.07) is 11.3. The summed E-state index contributed by atoms with van der Waals surface area (Å²) in [6.07, 6.45) is 4.11. The van der Waals surface area contributed by atoms with Crippen LogP contribution in [0.3, 0.4) is 0 Å². The first-order chi connectivity index (χ1) is 9.74. The van der Waals surface area contributed by atoms with Crippen LogP contribution >= 0.6 is 0 Å². The fraction of sp³-hybridized carbons (Fsp3) is 0.412. The Kier molecular flexibility index (Phi) is 3.79. The normalized spacial score (nSPS) is 18.4. The molecular weight excluding hydrogens is 248 g/mol. The molecule has 1 unspecified atom stereocenters. The lowest BCUT2D eigenvalue weighted by atomic mass is 10.1. The molecule has 0 amide bonds. The number of likely N-dealkylation sites (N-methyl/N-ethyl adjacent to an activating group) is 1. The molecule has 0 radical (unpaired) electrons. The third-order valence-electron chi connectivity index (χ3n) is 4.30. The number of nitrogens with one attached hydrogen (secondary N) is 1. The third-order valence-corrected chi connectivity index (χ3v) is 4.30. The first-order valence-corrected chi connectivity index (χ1v) is 7.29. The average Bonchev–Trinajstić information content (AvgIpc) is 2.75. The van der Waals surface area contributed by atoms with Crippen LogP contribution in [-0.2, 0) is 13.0 Å². The Morgan fingerprint density at radius 2 is 2.15 bits per heavy atom. The molecule has 1 aromatic heterocycles. The highest BCUT2D eigenvalue weighted by Crippen LogP contribution is 2.23. The lowest BCUT2D eigenvalue weighted by Gasteiger charge is -2.26. The van der Waals surface area contributed by atoms with Gasteiger partial charge in [0.25, 0.3) is 0 Å². The Morgan fingerprint density at radius 3 is 2.95 bits per heavy atom. The van der Waals surface area contributed by atoms with E-state index in [-0.39, 0.29) is 0 Å². The maximum absolute atomic E-state index is 5.39. The summed E-state index contributed by atoms with van der Waals surface area (Å²) >= 11 is 0. The molecule has 1 aromatic carbocycles. The van der Waals surface area contributed by atoms with E-state index in [0.29, 0.717) is 6.04 Å². The van der Waals surface area contributed by atoms with Gasteiger partial charge in [-0.15, -0.1) is 0 Å². The van der Waals surface area contributed by atoms with Gasteiger partial charge in [-0.05, 0) is 44.5 Å². The van der Waals surface area contributed by atoms with Crippen molar-refractivity contribution in [2.24, 2.45) is 0 Å². The van der Waals surface area contributed by atoms with Crippen molar-refractivity contribution in [3.8, 4) is 0 Å². The van der Waals surface area contributed by atoms with Gasteiger partial charge in [0, 0.05) is 30.4 Å². The number of benzene rings is 1. The van der Waals surface area contributed by atoms with Gasteiger partial charge < -0.3 is 9.73 Å². The van der Waals surface area contributed by atoms with Gasteiger partial charge in [-0.1, -0.05) is 18.2 Å². The zero-order valence-corrected chi connectivity index (χ0v) is 12.2. The van der Waals surface area contributed by atoms with Gasteiger partial charge in [-0.3, -0.25) is 4.90 Å². The topological polar surface area (TPSA) is 28.4 Å². The number of furan rings is 1. The van der Waals surface area contributed by atoms with E-state index in [4.69, 9.17) is 4.42 Å². The van der Waals surface area contributed by atoms with E-state index < -0.39 is 0 Å².